The minimum atomic E-state index is -1.30. The molecule has 1 saturated heterocycles. The van der Waals surface area contributed by atoms with Gasteiger partial charge in [-0.2, -0.15) is 5.48 Å². The van der Waals surface area contributed by atoms with Gasteiger partial charge in [-0.25, -0.2) is 0 Å². The van der Waals surface area contributed by atoms with Gasteiger partial charge in [0.15, 0.2) is 0 Å². The maximum atomic E-state index is 11.8. The maximum absolute atomic E-state index is 11.8. The first-order valence-corrected chi connectivity index (χ1v) is 5.59. The van der Waals surface area contributed by atoms with Crippen LogP contribution in [0.4, 0.5) is 0 Å². The van der Waals surface area contributed by atoms with Gasteiger partial charge in [0.2, 0.25) is 5.66 Å². The highest BCUT2D eigenvalue weighted by atomic mass is 16.7. The molecular formula is C12H17N3O3. The van der Waals surface area contributed by atoms with Crippen molar-refractivity contribution in [3.8, 4) is 5.75 Å². The second-order valence-electron chi connectivity index (χ2n) is 4.65. The van der Waals surface area contributed by atoms with Crippen LogP contribution in [0.1, 0.15) is 19.4 Å². The SMILES string of the molecule is COc1ccccc1C1(C(N)=O)NOC(C)(C)N1. The van der Waals surface area contributed by atoms with Crippen molar-refractivity contribution < 1.29 is 14.4 Å². The Labute approximate surface area is 105 Å². The largest absolute Gasteiger partial charge is 0.496 e. The summed E-state index contributed by atoms with van der Waals surface area (Å²) in [6.07, 6.45) is 0. The number of ether oxygens (including phenoxy) is 1. The summed E-state index contributed by atoms with van der Waals surface area (Å²) >= 11 is 0. The average molecular weight is 251 g/mol. The van der Waals surface area contributed by atoms with Gasteiger partial charge in [-0.3, -0.25) is 14.9 Å². The summed E-state index contributed by atoms with van der Waals surface area (Å²) in [4.78, 5) is 17.2. The first kappa shape index (κ1) is 12.8. The van der Waals surface area contributed by atoms with Crippen LogP contribution in [0.5, 0.6) is 5.75 Å². The number of hydrogen-bond acceptors (Lipinski definition) is 5. The van der Waals surface area contributed by atoms with Crippen LogP contribution in [-0.2, 0) is 15.3 Å². The zero-order valence-corrected chi connectivity index (χ0v) is 10.6. The maximum Gasteiger partial charge on any atom is 0.259 e. The summed E-state index contributed by atoms with van der Waals surface area (Å²) in [5, 5.41) is 3.05. The standard InChI is InChI=1S/C12H17N3O3/c1-11(2)14-12(10(13)16,15-18-11)8-6-4-5-7-9(8)17-3/h4-7,14-15H,1-3H3,(H2,13,16). The number of hydrogen-bond donors (Lipinski definition) is 3. The Hall–Kier alpha value is -1.63. The fourth-order valence-corrected chi connectivity index (χ4v) is 2.03. The Bertz CT molecular complexity index is 475. The van der Waals surface area contributed by atoms with E-state index < -0.39 is 17.3 Å². The number of hydroxylamine groups is 1. The van der Waals surface area contributed by atoms with Gasteiger partial charge in [0.1, 0.15) is 11.5 Å². The molecule has 1 aromatic carbocycles. The van der Waals surface area contributed by atoms with E-state index in [9.17, 15) is 4.79 Å². The van der Waals surface area contributed by atoms with Crippen molar-refractivity contribution in [1.29, 1.82) is 0 Å². The summed E-state index contributed by atoms with van der Waals surface area (Å²) in [7, 11) is 1.54. The van der Waals surface area contributed by atoms with Gasteiger partial charge < -0.3 is 10.5 Å². The number of nitrogens with two attached hydrogens (primary N) is 1. The average Bonchev–Trinajstić information content (AvgIpc) is 2.67. The molecule has 18 heavy (non-hydrogen) atoms. The highest BCUT2D eigenvalue weighted by Crippen LogP contribution is 2.33. The molecule has 1 heterocycles. The molecule has 0 aliphatic carbocycles. The van der Waals surface area contributed by atoms with Gasteiger partial charge in [0, 0.05) is 5.56 Å². The summed E-state index contributed by atoms with van der Waals surface area (Å²) in [5.74, 6) is -0.0322. The Morgan fingerprint density at radius 1 is 1.39 bits per heavy atom. The lowest BCUT2D eigenvalue weighted by atomic mass is 9.97. The molecule has 1 unspecified atom stereocenters. The van der Waals surface area contributed by atoms with Crippen molar-refractivity contribution >= 4 is 5.91 Å². The second-order valence-corrected chi connectivity index (χ2v) is 4.65. The predicted octanol–water partition coefficient (Wildman–Crippen LogP) is 0.194. The Morgan fingerprint density at radius 3 is 2.56 bits per heavy atom. The number of methoxy groups -OCH3 is 1. The number of primary amides is 1. The van der Waals surface area contributed by atoms with Crippen molar-refractivity contribution in [1.82, 2.24) is 10.8 Å². The number of nitrogens with one attached hydrogen (secondary N) is 2. The Balaban J connectivity index is 2.53. The van der Waals surface area contributed by atoms with Crippen LogP contribution >= 0.6 is 0 Å². The van der Waals surface area contributed by atoms with Gasteiger partial charge >= 0.3 is 0 Å². The Kier molecular flexibility index (Phi) is 3.02. The van der Waals surface area contributed by atoms with E-state index in [1.54, 1.807) is 32.0 Å². The van der Waals surface area contributed by atoms with Gasteiger partial charge in [-0.05, 0) is 19.9 Å². The summed E-state index contributed by atoms with van der Waals surface area (Å²) in [5.41, 5.74) is 6.78. The molecule has 98 valence electrons. The van der Waals surface area contributed by atoms with E-state index in [0.29, 0.717) is 11.3 Å². The van der Waals surface area contributed by atoms with Gasteiger partial charge in [-0.1, -0.05) is 18.2 Å². The molecule has 2 rings (SSSR count). The molecule has 1 aliphatic rings. The molecule has 1 amide bonds. The van der Waals surface area contributed by atoms with E-state index in [4.69, 9.17) is 15.3 Å². The number of carbonyl (C=O) groups excluding carboxylic acids is 1. The van der Waals surface area contributed by atoms with Crippen molar-refractivity contribution in [2.75, 3.05) is 7.11 Å². The molecule has 1 fully saturated rings. The molecule has 6 nitrogen and oxygen atoms in total. The van der Waals surface area contributed by atoms with Crippen LogP contribution in [0.15, 0.2) is 24.3 Å². The van der Waals surface area contributed by atoms with Crippen LogP contribution in [0.3, 0.4) is 0 Å². The van der Waals surface area contributed by atoms with E-state index >= 15 is 0 Å². The normalized spacial score (nSPS) is 25.9. The van der Waals surface area contributed by atoms with Gasteiger partial charge in [0.25, 0.3) is 5.91 Å². The number of amides is 1. The molecule has 4 N–H and O–H groups in total. The first-order valence-electron chi connectivity index (χ1n) is 5.59. The third-order valence-electron chi connectivity index (χ3n) is 2.83. The van der Waals surface area contributed by atoms with Crippen molar-refractivity contribution in [3.05, 3.63) is 29.8 Å². The zero-order valence-electron chi connectivity index (χ0n) is 10.6. The van der Waals surface area contributed by atoms with Gasteiger partial charge in [-0.15, -0.1) is 0 Å². The molecule has 1 aliphatic heterocycles. The minimum absolute atomic E-state index is 0.553. The minimum Gasteiger partial charge on any atom is -0.496 e. The molecule has 0 radical (unpaired) electrons. The number of carbonyl (C=O) groups is 1. The quantitative estimate of drug-likeness (QED) is 0.714. The van der Waals surface area contributed by atoms with Crippen molar-refractivity contribution in [2.24, 2.45) is 5.73 Å². The lowest BCUT2D eigenvalue weighted by Crippen LogP contribution is -2.58. The number of rotatable bonds is 3. The number of para-hydroxylation sites is 1. The fourth-order valence-electron chi connectivity index (χ4n) is 2.03. The molecule has 1 atom stereocenters. The van der Waals surface area contributed by atoms with Crippen molar-refractivity contribution in [3.63, 3.8) is 0 Å². The predicted molar refractivity (Wildman–Crippen MR) is 65.3 cm³/mol. The third-order valence-corrected chi connectivity index (χ3v) is 2.83. The van der Waals surface area contributed by atoms with Crippen LogP contribution in [0.25, 0.3) is 0 Å². The van der Waals surface area contributed by atoms with E-state index in [-0.39, 0.29) is 0 Å². The molecule has 0 saturated carbocycles. The molecule has 0 spiro atoms. The zero-order chi connectivity index (χ0) is 13.4. The molecule has 1 aromatic rings. The lowest BCUT2D eigenvalue weighted by Gasteiger charge is -2.27. The highest BCUT2D eigenvalue weighted by Gasteiger charge is 2.51. The van der Waals surface area contributed by atoms with Crippen LogP contribution < -0.4 is 21.3 Å². The summed E-state index contributed by atoms with van der Waals surface area (Å²) < 4.78 is 5.26. The summed E-state index contributed by atoms with van der Waals surface area (Å²) in [6.45, 7) is 3.58. The van der Waals surface area contributed by atoms with E-state index in [1.165, 1.54) is 7.11 Å². The van der Waals surface area contributed by atoms with E-state index in [0.717, 1.165) is 0 Å². The summed E-state index contributed by atoms with van der Waals surface area (Å²) in [6, 6.07) is 7.14. The monoisotopic (exact) mass is 251 g/mol. The molecule has 6 heteroatoms. The molecular weight excluding hydrogens is 234 g/mol. The number of benzene rings is 1. The van der Waals surface area contributed by atoms with Crippen LogP contribution in [0.2, 0.25) is 0 Å². The van der Waals surface area contributed by atoms with Crippen molar-refractivity contribution in [2.45, 2.75) is 25.2 Å². The smallest absolute Gasteiger partial charge is 0.259 e. The third kappa shape index (κ3) is 1.94. The van der Waals surface area contributed by atoms with Gasteiger partial charge in [0.05, 0.1) is 7.11 Å². The topological polar surface area (TPSA) is 85.6 Å². The van der Waals surface area contributed by atoms with E-state index in [1.807, 2.05) is 6.07 Å². The highest BCUT2D eigenvalue weighted by molar-refractivity contribution is 5.86. The van der Waals surface area contributed by atoms with E-state index in [2.05, 4.69) is 10.8 Å². The van der Waals surface area contributed by atoms with Crippen LogP contribution in [-0.4, -0.2) is 18.7 Å². The first-order chi connectivity index (χ1) is 8.41. The van der Waals surface area contributed by atoms with Crippen LogP contribution in [0, 0.1) is 0 Å². The fraction of sp³-hybridized carbons (Fsp3) is 0.417. The molecule has 0 aromatic heterocycles. The second kappa shape index (κ2) is 4.24. The molecule has 0 bridgehead atoms. The lowest BCUT2D eigenvalue weighted by molar-refractivity contribution is -0.128. The Morgan fingerprint density at radius 2 is 2.06 bits per heavy atom.